The fraction of sp³-hybridized carbons (Fsp3) is 0.800. The summed E-state index contributed by atoms with van der Waals surface area (Å²) in [4.78, 5) is 0. The van der Waals surface area contributed by atoms with Gasteiger partial charge < -0.3 is 18.9 Å². The fourth-order valence-electron chi connectivity index (χ4n) is 5.12. The summed E-state index contributed by atoms with van der Waals surface area (Å²) in [6.45, 7) is 5.97. The number of hydrogen-bond donors (Lipinski definition) is 0. The standard InChI is InChI=1S/C30H50O4/c1-3-5-7-9-10-11-12-13-14-16-30-32-24-29-28(34-30)22-21-27(33-29)25-17-19-26(20-18-25)31-23-15-8-6-4-2/h17-20,27-30H,3-16,21-24H2,1-2H3/t27-,28+,29-,30-/m1/s1. The Labute approximate surface area is 209 Å². The predicted molar refractivity (Wildman–Crippen MR) is 139 cm³/mol. The zero-order chi connectivity index (χ0) is 23.8. The molecule has 1 aromatic carbocycles. The molecule has 2 aliphatic rings. The Balaban J connectivity index is 1.28. The van der Waals surface area contributed by atoms with E-state index in [1.54, 1.807) is 0 Å². The van der Waals surface area contributed by atoms with Gasteiger partial charge in [0.25, 0.3) is 0 Å². The maximum atomic E-state index is 6.40. The third kappa shape index (κ3) is 9.87. The molecule has 2 saturated heterocycles. The molecule has 2 aliphatic heterocycles. The van der Waals surface area contributed by atoms with Gasteiger partial charge in [-0.25, -0.2) is 0 Å². The Morgan fingerprint density at radius 3 is 2.06 bits per heavy atom. The van der Waals surface area contributed by atoms with Crippen LogP contribution in [0.4, 0.5) is 0 Å². The largest absolute Gasteiger partial charge is 0.494 e. The summed E-state index contributed by atoms with van der Waals surface area (Å²) in [6, 6.07) is 8.48. The molecule has 0 aliphatic carbocycles. The molecule has 0 radical (unpaired) electrons. The van der Waals surface area contributed by atoms with Crippen LogP contribution in [0, 0.1) is 0 Å². The molecule has 2 heterocycles. The molecule has 0 spiro atoms. The summed E-state index contributed by atoms with van der Waals surface area (Å²) in [5.41, 5.74) is 1.23. The van der Waals surface area contributed by atoms with Crippen molar-refractivity contribution in [2.75, 3.05) is 13.2 Å². The molecule has 0 bridgehead atoms. The molecule has 4 atom stereocenters. The van der Waals surface area contributed by atoms with E-state index in [1.165, 1.54) is 82.6 Å². The summed E-state index contributed by atoms with van der Waals surface area (Å²) in [7, 11) is 0. The highest BCUT2D eigenvalue weighted by atomic mass is 16.7. The molecular formula is C30H50O4. The third-order valence-electron chi connectivity index (χ3n) is 7.30. The van der Waals surface area contributed by atoms with Crippen LogP contribution in [0.3, 0.4) is 0 Å². The van der Waals surface area contributed by atoms with Gasteiger partial charge in [0.15, 0.2) is 6.29 Å². The topological polar surface area (TPSA) is 36.9 Å². The number of fused-ring (bicyclic) bond motifs is 1. The van der Waals surface area contributed by atoms with Crippen LogP contribution in [0.5, 0.6) is 5.75 Å². The summed E-state index contributed by atoms with van der Waals surface area (Å²) in [6.07, 6.45) is 20.5. The average molecular weight is 475 g/mol. The number of hydrogen-bond acceptors (Lipinski definition) is 4. The van der Waals surface area contributed by atoms with E-state index in [2.05, 4.69) is 38.1 Å². The molecule has 0 unspecified atom stereocenters. The van der Waals surface area contributed by atoms with Gasteiger partial charge in [-0.3, -0.25) is 0 Å². The van der Waals surface area contributed by atoms with E-state index in [9.17, 15) is 0 Å². The second-order valence-corrected chi connectivity index (χ2v) is 10.3. The molecule has 4 nitrogen and oxygen atoms in total. The van der Waals surface area contributed by atoms with Crippen molar-refractivity contribution in [1.29, 1.82) is 0 Å². The van der Waals surface area contributed by atoms with Crippen molar-refractivity contribution >= 4 is 0 Å². The number of benzene rings is 1. The van der Waals surface area contributed by atoms with Crippen molar-refractivity contribution in [2.24, 2.45) is 0 Å². The minimum absolute atomic E-state index is 0.0419. The lowest BCUT2D eigenvalue weighted by Gasteiger charge is -2.42. The molecule has 0 amide bonds. The van der Waals surface area contributed by atoms with E-state index in [-0.39, 0.29) is 24.6 Å². The average Bonchev–Trinajstić information content (AvgIpc) is 2.87. The Morgan fingerprint density at radius 2 is 1.35 bits per heavy atom. The minimum Gasteiger partial charge on any atom is -0.494 e. The minimum atomic E-state index is -0.0419. The zero-order valence-corrected chi connectivity index (χ0v) is 22.0. The molecule has 0 N–H and O–H groups in total. The van der Waals surface area contributed by atoms with Crippen LogP contribution in [0.25, 0.3) is 0 Å². The van der Waals surface area contributed by atoms with Gasteiger partial charge in [-0.2, -0.15) is 0 Å². The highest BCUT2D eigenvalue weighted by Gasteiger charge is 2.38. The normalized spacial score (nSPS) is 24.6. The second-order valence-electron chi connectivity index (χ2n) is 10.3. The Hall–Kier alpha value is -1.10. The highest BCUT2D eigenvalue weighted by molar-refractivity contribution is 5.29. The molecule has 34 heavy (non-hydrogen) atoms. The van der Waals surface area contributed by atoms with Crippen molar-refractivity contribution in [3.05, 3.63) is 29.8 Å². The maximum Gasteiger partial charge on any atom is 0.158 e. The van der Waals surface area contributed by atoms with Gasteiger partial charge in [0.2, 0.25) is 0 Å². The summed E-state index contributed by atoms with van der Waals surface area (Å²) in [5, 5.41) is 0. The van der Waals surface area contributed by atoms with E-state index < -0.39 is 0 Å². The first-order valence-corrected chi connectivity index (χ1v) is 14.5. The van der Waals surface area contributed by atoms with E-state index >= 15 is 0 Å². The third-order valence-corrected chi connectivity index (χ3v) is 7.30. The van der Waals surface area contributed by atoms with Gasteiger partial charge >= 0.3 is 0 Å². The molecule has 3 rings (SSSR count). The molecule has 4 heteroatoms. The van der Waals surface area contributed by atoms with Crippen LogP contribution < -0.4 is 4.74 Å². The summed E-state index contributed by atoms with van der Waals surface area (Å²) >= 11 is 0. The zero-order valence-electron chi connectivity index (χ0n) is 22.0. The van der Waals surface area contributed by atoms with Gasteiger partial charge in [-0.15, -0.1) is 0 Å². The van der Waals surface area contributed by atoms with Crippen molar-refractivity contribution in [3.8, 4) is 5.75 Å². The van der Waals surface area contributed by atoms with Gasteiger partial charge in [0.05, 0.1) is 25.4 Å². The lowest BCUT2D eigenvalue weighted by Crippen LogP contribution is -2.48. The maximum absolute atomic E-state index is 6.40. The van der Waals surface area contributed by atoms with Gasteiger partial charge in [0.1, 0.15) is 11.9 Å². The second kappa shape index (κ2) is 16.5. The van der Waals surface area contributed by atoms with E-state index in [4.69, 9.17) is 18.9 Å². The van der Waals surface area contributed by atoms with Crippen LogP contribution >= 0.6 is 0 Å². The smallest absolute Gasteiger partial charge is 0.158 e. The first kappa shape index (κ1) is 27.5. The molecular weight excluding hydrogens is 424 g/mol. The van der Waals surface area contributed by atoms with Crippen molar-refractivity contribution in [3.63, 3.8) is 0 Å². The number of unbranched alkanes of at least 4 members (excludes halogenated alkanes) is 11. The van der Waals surface area contributed by atoms with Crippen LogP contribution in [0.2, 0.25) is 0 Å². The van der Waals surface area contributed by atoms with Gasteiger partial charge in [-0.05, 0) is 49.8 Å². The summed E-state index contributed by atoms with van der Waals surface area (Å²) < 4.78 is 24.6. The number of rotatable bonds is 17. The van der Waals surface area contributed by atoms with Crippen LogP contribution in [0.1, 0.15) is 128 Å². The number of ether oxygens (including phenoxy) is 4. The first-order valence-electron chi connectivity index (χ1n) is 14.5. The molecule has 0 saturated carbocycles. The van der Waals surface area contributed by atoms with Gasteiger partial charge in [-0.1, -0.05) is 96.6 Å². The molecule has 1 aromatic rings. The van der Waals surface area contributed by atoms with E-state index in [1.807, 2.05) is 0 Å². The molecule has 194 valence electrons. The van der Waals surface area contributed by atoms with Crippen molar-refractivity contribution in [1.82, 2.24) is 0 Å². The predicted octanol–water partition coefficient (Wildman–Crippen LogP) is 8.53. The monoisotopic (exact) mass is 474 g/mol. The van der Waals surface area contributed by atoms with Gasteiger partial charge in [0, 0.05) is 0 Å². The Kier molecular flexibility index (Phi) is 13.4. The van der Waals surface area contributed by atoms with Crippen LogP contribution in [0.15, 0.2) is 24.3 Å². The first-order chi connectivity index (χ1) is 16.8. The molecule has 2 fully saturated rings. The van der Waals surface area contributed by atoms with Crippen LogP contribution in [-0.2, 0) is 14.2 Å². The van der Waals surface area contributed by atoms with Crippen molar-refractivity contribution in [2.45, 2.75) is 141 Å². The van der Waals surface area contributed by atoms with E-state index in [0.29, 0.717) is 6.61 Å². The lowest BCUT2D eigenvalue weighted by molar-refractivity contribution is -0.286. The quantitative estimate of drug-likeness (QED) is 0.212. The highest BCUT2D eigenvalue weighted by Crippen LogP contribution is 2.36. The molecule has 0 aromatic heterocycles. The lowest BCUT2D eigenvalue weighted by atomic mass is 9.95. The van der Waals surface area contributed by atoms with Crippen LogP contribution in [-0.4, -0.2) is 31.7 Å². The summed E-state index contributed by atoms with van der Waals surface area (Å²) in [5.74, 6) is 0.956. The SMILES string of the molecule is CCCCCCCCCCC[C@@H]1OC[C@H]2O[C@@H](c3ccc(OCCCCCC)cc3)CC[C@@H]2O1. The fourth-order valence-corrected chi connectivity index (χ4v) is 5.12. The Morgan fingerprint density at radius 1 is 0.706 bits per heavy atom. The van der Waals surface area contributed by atoms with E-state index in [0.717, 1.165) is 38.0 Å². The van der Waals surface area contributed by atoms with Crippen molar-refractivity contribution < 1.29 is 18.9 Å². The Bertz CT molecular complexity index is 631.